The molecule has 1 aromatic carbocycles. The summed E-state index contributed by atoms with van der Waals surface area (Å²) in [5.74, 6) is 0.939. The van der Waals surface area contributed by atoms with E-state index in [0.717, 1.165) is 31.1 Å². The van der Waals surface area contributed by atoms with Gasteiger partial charge in [0.1, 0.15) is 5.75 Å². The van der Waals surface area contributed by atoms with Gasteiger partial charge >= 0.3 is 0 Å². The summed E-state index contributed by atoms with van der Waals surface area (Å²) in [6.07, 6.45) is 6.58. The summed E-state index contributed by atoms with van der Waals surface area (Å²) in [6, 6.07) is 7.20. The minimum absolute atomic E-state index is 0.153. The Labute approximate surface area is 134 Å². The first-order valence-electron chi connectivity index (χ1n) is 8.13. The highest BCUT2D eigenvalue weighted by Gasteiger charge is 2.20. The van der Waals surface area contributed by atoms with Crippen molar-refractivity contribution >= 4 is 5.69 Å². The Morgan fingerprint density at radius 1 is 1.27 bits per heavy atom. The lowest BCUT2D eigenvalue weighted by molar-refractivity contribution is 0.242. The van der Waals surface area contributed by atoms with Crippen LogP contribution < -0.4 is 15.0 Å². The molecule has 0 aliphatic heterocycles. The van der Waals surface area contributed by atoms with Crippen molar-refractivity contribution in [1.82, 2.24) is 5.32 Å². The first-order valence-corrected chi connectivity index (χ1v) is 8.13. The topological polar surface area (TPSA) is 24.5 Å². The highest BCUT2D eigenvalue weighted by Crippen LogP contribution is 2.31. The lowest BCUT2D eigenvalue weighted by atomic mass is 10.1. The second kappa shape index (κ2) is 8.04. The average molecular weight is 300 g/mol. The summed E-state index contributed by atoms with van der Waals surface area (Å²) in [7, 11) is 0. The van der Waals surface area contributed by atoms with E-state index in [1.54, 1.807) is 0 Å². The van der Waals surface area contributed by atoms with Crippen molar-refractivity contribution in [2.24, 2.45) is 0 Å². The first kappa shape index (κ1) is 16.6. The summed E-state index contributed by atoms with van der Waals surface area (Å²) < 4.78 is 6.04. The van der Waals surface area contributed by atoms with E-state index in [-0.39, 0.29) is 6.10 Å². The van der Waals surface area contributed by atoms with Crippen LogP contribution in [0.2, 0.25) is 0 Å². The zero-order valence-corrected chi connectivity index (χ0v) is 13.8. The van der Waals surface area contributed by atoms with Crippen LogP contribution >= 0.6 is 0 Å². The van der Waals surface area contributed by atoms with Crippen LogP contribution in [0.5, 0.6) is 5.75 Å². The minimum Gasteiger partial charge on any atom is -0.489 e. The molecule has 0 heterocycles. The van der Waals surface area contributed by atoms with Crippen molar-refractivity contribution < 1.29 is 4.74 Å². The van der Waals surface area contributed by atoms with Gasteiger partial charge in [-0.1, -0.05) is 18.2 Å². The first-order chi connectivity index (χ1) is 10.6. The van der Waals surface area contributed by atoms with Crippen molar-refractivity contribution in [2.45, 2.75) is 45.4 Å². The van der Waals surface area contributed by atoms with Crippen LogP contribution in [0.3, 0.4) is 0 Å². The summed E-state index contributed by atoms with van der Waals surface area (Å²) in [5, 5.41) is 3.55. The third-order valence-electron chi connectivity index (χ3n) is 3.60. The number of hydrogen-bond donors (Lipinski definition) is 1. The van der Waals surface area contributed by atoms with Gasteiger partial charge in [-0.2, -0.15) is 0 Å². The molecule has 0 saturated heterocycles. The standard InChI is InChI=1S/C19H28N2O/c1-5-11-21(12-6-2)18-10-7-16(14-20-17-8-9-17)13-19(18)22-15(3)4/h5-7,10,13,15,17,20H,1-2,8-9,11-12,14H2,3-4H3. The molecule has 1 aliphatic rings. The van der Waals surface area contributed by atoms with Gasteiger partial charge in [-0.25, -0.2) is 0 Å². The maximum absolute atomic E-state index is 6.04. The van der Waals surface area contributed by atoms with Gasteiger partial charge in [-0.05, 0) is 44.4 Å². The Balaban J connectivity index is 2.20. The number of rotatable bonds is 10. The third-order valence-corrected chi connectivity index (χ3v) is 3.60. The minimum atomic E-state index is 0.153. The van der Waals surface area contributed by atoms with Crippen molar-refractivity contribution in [2.75, 3.05) is 18.0 Å². The molecule has 1 saturated carbocycles. The van der Waals surface area contributed by atoms with Crippen LogP contribution in [0.15, 0.2) is 43.5 Å². The summed E-state index contributed by atoms with van der Waals surface area (Å²) in [4.78, 5) is 2.22. The van der Waals surface area contributed by atoms with Gasteiger partial charge < -0.3 is 15.0 Å². The molecule has 0 aromatic heterocycles. The fraction of sp³-hybridized carbons (Fsp3) is 0.474. The van der Waals surface area contributed by atoms with E-state index >= 15 is 0 Å². The van der Waals surface area contributed by atoms with E-state index in [9.17, 15) is 0 Å². The second-order valence-electron chi connectivity index (χ2n) is 6.11. The Kier molecular flexibility index (Phi) is 6.08. The number of benzene rings is 1. The maximum Gasteiger partial charge on any atom is 0.143 e. The molecule has 0 radical (unpaired) electrons. The van der Waals surface area contributed by atoms with E-state index in [0.29, 0.717) is 6.04 Å². The van der Waals surface area contributed by atoms with Crippen molar-refractivity contribution in [3.8, 4) is 5.75 Å². The second-order valence-corrected chi connectivity index (χ2v) is 6.11. The predicted octanol–water partition coefficient (Wildman–Crippen LogP) is 3.90. The molecule has 3 heteroatoms. The number of ether oxygens (including phenoxy) is 1. The SMILES string of the molecule is C=CCN(CC=C)c1ccc(CNC2CC2)cc1OC(C)C. The quantitative estimate of drug-likeness (QED) is 0.663. The number of hydrogen-bond acceptors (Lipinski definition) is 3. The highest BCUT2D eigenvalue weighted by atomic mass is 16.5. The van der Waals surface area contributed by atoms with Gasteiger partial charge in [0, 0.05) is 25.7 Å². The molecule has 120 valence electrons. The van der Waals surface area contributed by atoms with Gasteiger partial charge in [-0.15, -0.1) is 13.2 Å². The van der Waals surface area contributed by atoms with E-state index in [4.69, 9.17) is 4.74 Å². The Morgan fingerprint density at radius 2 is 1.95 bits per heavy atom. The summed E-state index contributed by atoms with van der Waals surface area (Å²) in [6.45, 7) is 14.3. The molecule has 22 heavy (non-hydrogen) atoms. The van der Waals surface area contributed by atoms with Crippen LogP contribution in [-0.4, -0.2) is 25.2 Å². The van der Waals surface area contributed by atoms with Crippen molar-refractivity contribution in [1.29, 1.82) is 0 Å². The van der Waals surface area contributed by atoms with Gasteiger partial charge in [0.2, 0.25) is 0 Å². The molecule has 2 rings (SSSR count). The molecule has 3 nitrogen and oxygen atoms in total. The third kappa shape index (κ3) is 4.92. The normalized spacial score (nSPS) is 14.0. The van der Waals surface area contributed by atoms with E-state index in [1.807, 2.05) is 12.2 Å². The largest absolute Gasteiger partial charge is 0.489 e. The number of nitrogens with one attached hydrogen (secondary N) is 1. The summed E-state index contributed by atoms with van der Waals surface area (Å²) >= 11 is 0. The maximum atomic E-state index is 6.04. The number of anilines is 1. The lowest BCUT2D eigenvalue weighted by Crippen LogP contribution is -2.24. The van der Waals surface area contributed by atoms with Gasteiger partial charge in [0.25, 0.3) is 0 Å². The molecule has 0 spiro atoms. The highest BCUT2D eigenvalue weighted by molar-refractivity contribution is 5.60. The molecule has 1 aliphatic carbocycles. The van der Waals surface area contributed by atoms with Crippen LogP contribution in [0.25, 0.3) is 0 Å². The van der Waals surface area contributed by atoms with Crippen molar-refractivity contribution in [3.63, 3.8) is 0 Å². The molecule has 1 N–H and O–H groups in total. The zero-order chi connectivity index (χ0) is 15.9. The van der Waals surface area contributed by atoms with E-state index < -0.39 is 0 Å². The van der Waals surface area contributed by atoms with Gasteiger partial charge in [-0.3, -0.25) is 0 Å². The predicted molar refractivity (Wildman–Crippen MR) is 94.7 cm³/mol. The molecule has 1 aromatic rings. The van der Waals surface area contributed by atoms with E-state index in [2.05, 4.69) is 55.4 Å². The molecule has 0 bridgehead atoms. The molecule has 0 amide bonds. The molecule has 0 atom stereocenters. The molecule has 1 fully saturated rings. The van der Waals surface area contributed by atoms with Crippen LogP contribution in [-0.2, 0) is 6.54 Å². The average Bonchev–Trinajstić information content (AvgIpc) is 3.29. The van der Waals surface area contributed by atoms with Crippen LogP contribution in [0.1, 0.15) is 32.3 Å². The Morgan fingerprint density at radius 3 is 2.50 bits per heavy atom. The molecule has 0 unspecified atom stereocenters. The summed E-state index contributed by atoms with van der Waals surface area (Å²) in [5.41, 5.74) is 2.37. The van der Waals surface area contributed by atoms with Crippen molar-refractivity contribution in [3.05, 3.63) is 49.1 Å². The molecular formula is C19H28N2O. The molecular weight excluding hydrogens is 272 g/mol. The van der Waals surface area contributed by atoms with Crippen LogP contribution in [0.4, 0.5) is 5.69 Å². The Bertz CT molecular complexity index is 496. The lowest BCUT2D eigenvalue weighted by Gasteiger charge is -2.26. The number of nitrogens with zero attached hydrogens (tertiary/aromatic N) is 1. The smallest absolute Gasteiger partial charge is 0.143 e. The van der Waals surface area contributed by atoms with Gasteiger partial charge in [0.15, 0.2) is 0 Å². The Hall–Kier alpha value is -1.74. The van der Waals surface area contributed by atoms with E-state index in [1.165, 1.54) is 18.4 Å². The fourth-order valence-corrected chi connectivity index (χ4v) is 2.41. The fourth-order valence-electron chi connectivity index (χ4n) is 2.41. The monoisotopic (exact) mass is 300 g/mol. The van der Waals surface area contributed by atoms with Crippen LogP contribution in [0, 0.1) is 0 Å². The zero-order valence-electron chi connectivity index (χ0n) is 13.8. The van der Waals surface area contributed by atoms with Gasteiger partial charge in [0.05, 0.1) is 11.8 Å².